The Balaban J connectivity index is 1.78. The molecule has 0 aliphatic carbocycles. The third kappa shape index (κ3) is 2.80. The largest absolute Gasteiger partial charge is 0.349 e. The maximum atomic E-state index is 14.3. The SMILES string of the molecule is [2H]C1([2H])CCN2c3ccn4ncc(c4n3)C(=O)N[C@H](C)CCc3ncc(F)cc3[C@@]21[2H]. The summed E-state index contributed by atoms with van der Waals surface area (Å²) in [7, 11) is 0. The van der Waals surface area contributed by atoms with Crippen LogP contribution >= 0.6 is 0 Å². The number of anilines is 1. The molecule has 1 fully saturated rings. The van der Waals surface area contributed by atoms with Crippen molar-refractivity contribution in [3.05, 3.63) is 53.4 Å². The predicted molar refractivity (Wildman–Crippen MR) is 102 cm³/mol. The second-order valence-corrected chi connectivity index (χ2v) is 7.10. The van der Waals surface area contributed by atoms with Gasteiger partial charge in [-0.25, -0.2) is 13.9 Å². The summed E-state index contributed by atoms with van der Waals surface area (Å²) in [5.41, 5.74) is 1.24. The minimum absolute atomic E-state index is 0.0717. The zero-order valence-corrected chi connectivity index (χ0v) is 15.3. The molecule has 0 aromatic carbocycles. The number of carbonyl (C=O) groups excluding carboxylic acids is 1. The summed E-state index contributed by atoms with van der Waals surface area (Å²) in [6.07, 6.45) is 3.09. The molecule has 2 aliphatic rings. The van der Waals surface area contributed by atoms with E-state index in [0.717, 1.165) is 6.20 Å². The third-order valence-electron chi connectivity index (χ3n) is 5.16. The van der Waals surface area contributed by atoms with Crippen molar-refractivity contribution < 1.29 is 13.3 Å². The molecule has 3 aromatic heterocycles. The van der Waals surface area contributed by atoms with Crippen LogP contribution in [-0.4, -0.2) is 38.1 Å². The van der Waals surface area contributed by atoms with Gasteiger partial charge in [0.2, 0.25) is 0 Å². The Labute approximate surface area is 165 Å². The molecular formula is C20H21FN6O. The average Bonchev–Trinajstić information content (AvgIpc) is 3.25. The van der Waals surface area contributed by atoms with Crippen molar-refractivity contribution in [3.63, 3.8) is 0 Å². The number of hydrogen-bond acceptors (Lipinski definition) is 5. The molecule has 2 bridgehead atoms. The summed E-state index contributed by atoms with van der Waals surface area (Å²) in [5, 5.41) is 7.10. The number of carbonyl (C=O) groups is 1. The fourth-order valence-corrected chi connectivity index (χ4v) is 3.73. The molecule has 1 N–H and O–H groups in total. The number of nitrogens with one attached hydrogen (secondary N) is 1. The fraction of sp³-hybridized carbons (Fsp3) is 0.400. The quantitative estimate of drug-likeness (QED) is 0.646. The molecule has 3 aromatic rings. The molecule has 1 saturated heterocycles. The van der Waals surface area contributed by atoms with Gasteiger partial charge in [-0.15, -0.1) is 0 Å². The van der Waals surface area contributed by atoms with Crippen molar-refractivity contribution >= 4 is 17.4 Å². The maximum Gasteiger partial charge on any atom is 0.256 e. The highest BCUT2D eigenvalue weighted by molar-refractivity contribution is 5.99. The van der Waals surface area contributed by atoms with Gasteiger partial charge in [-0.05, 0) is 50.3 Å². The Bertz CT molecular complexity index is 1200. The van der Waals surface area contributed by atoms with Gasteiger partial charge in [-0.1, -0.05) is 0 Å². The first kappa shape index (κ1) is 14.0. The lowest BCUT2D eigenvalue weighted by Gasteiger charge is -2.27. The molecule has 2 aliphatic heterocycles. The first-order valence-corrected chi connectivity index (χ1v) is 9.28. The van der Waals surface area contributed by atoms with Crippen molar-refractivity contribution in [1.29, 1.82) is 0 Å². The first-order chi connectivity index (χ1) is 14.7. The van der Waals surface area contributed by atoms with E-state index in [1.54, 1.807) is 12.3 Å². The van der Waals surface area contributed by atoms with Gasteiger partial charge in [0.25, 0.3) is 5.91 Å². The molecule has 0 spiro atoms. The number of nitrogens with zero attached hydrogens (tertiary/aromatic N) is 5. The summed E-state index contributed by atoms with van der Waals surface area (Å²) in [6, 6.07) is 0.666. The van der Waals surface area contributed by atoms with E-state index >= 15 is 0 Å². The lowest BCUT2D eigenvalue weighted by atomic mass is 9.98. The number of halogens is 1. The monoisotopic (exact) mass is 383 g/mol. The predicted octanol–water partition coefficient (Wildman–Crippen LogP) is 2.67. The number of pyridine rings is 1. The highest BCUT2D eigenvalue weighted by Gasteiger charge is 2.31. The molecule has 5 rings (SSSR count). The fourth-order valence-electron chi connectivity index (χ4n) is 3.73. The van der Waals surface area contributed by atoms with Crippen molar-refractivity contribution in [2.75, 3.05) is 11.4 Å². The third-order valence-corrected chi connectivity index (χ3v) is 5.16. The molecule has 2 atom stereocenters. The number of aromatic nitrogens is 4. The van der Waals surface area contributed by atoms with Gasteiger partial charge >= 0.3 is 0 Å². The summed E-state index contributed by atoms with van der Waals surface area (Å²) >= 11 is 0. The normalized spacial score (nSPS) is 28.2. The highest BCUT2D eigenvalue weighted by Crippen LogP contribution is 2.37. The van der Waals surface area contributed by atoms with E-state index in [2.05, 4.69) is 20.4 Å². The molecule has 0 radical (unpaired) electrons. The van der Waals surface area contributed by atoms with Crippen molar-refractivity contribution in [3.8, 4) is 0 Å². The highest BCUT2D eigenvalue weighted by atomic mass is 19.1. The van der Waals surface area contributed by atoms with E-state index in [4.69, 9.17) is 2.74 Å². The van der Waals surface area contributed by atoms with Crippen LogP contribution in [0.5, 0.6) is 0 Å². The van der Waals surface area contributed by atoms with Crippen LogP contribution < -0.4 is 10.2 Å². The van der Waals surface area contributed by atoms with Gasteiger partial charge in [0, 0.05) is 27.2 Å². The summed E-state index contributed by atoms with van der Waals surface area (Å²) in [5.74, 6) is -0.617. The lowest BCUT2D eigenvalue weighted by molar-refractivity contribution is 0.0940. The van der Waals surface area contributed by atoms with E-state index in [1.807, 2.05) is 6.92 Å². The Kier molecular flexibility index (Phi) is 3.28. The van der Waals surface area contributed by atoms with Crippen LogP contribution in [0.4, 0.5) is 10.2 Å². The van der Waals surface area contributed by atoms with Crippen LogP contribution in [0, 0.1) is 5.82 Å². The second kappa shape index (κ2) is 6.54. The Hall–Kier alpha value is -3.03. The van der Waals surface area contributed by atoms with Crippen molar-refractivity contribution in [2.24, 2.45) is 0 Å². The van der Waals surface area contributed by atoms with E-state index in [1.165, 1.54) is 21.7 Å². The van der Waals surface area contributed by atoms with Crippen molar-refractivity contribution in [1.82, 2.24) is 24.9 Å². The van der Waals surface area contributed by atoms with E-state index in [0.29, 0.717) is 35.6 Å². The van der Waals surface area contributed by atoms with Gasteiger partial charge in [0.15, 0.2) is 5.65 Å². The zero-order chi connectivity index (χ0) is 22.0. The number of amides is 1. The standard InChI is InChI=1S/C20H21FN6O/c1-12-4-5-16-14(9-13(21)10-22-16)17-3-2-7-26(17)18-6-8-27-19(25-18)15(11-23-27)20(28)24-12/h6,8-12,17H,2-5,7H2,1H3,(H,24,28)/t12-,17+/m1/s1/i3D2,17D. The minimum atomic E-state index is -1.98. The molecule has 0 unspecified atom stereocenters. The lowest BCUT2D eigenvalue weighted by Crippen LogP contribution is -2.33. The van der Waals surface area contributed by atoms with Crippen LogP contribution in [0.25, 0.3) is 5.65 Å². The zero-order valence-electron chi connectivity index (χ0n) is 18.3. The molecular weight excluding hydrogens is 359 g/mol. The van der Waals surface area contributed by atoms with Gasteiger partial charge in [-0.3, -0.25) is 9.78 Å². The maximum absolute atomic E-state index is 14.3. The molecule has 5 heterocycles. The van der Waals surface area contributed by atoms with Crippen LogP contribution in [0.1, 0.15) is 57.9 Å². The average molecular weight is 383 g/mol. The van der Waals surface area contributed by atoms with Crippen LogP contribution in [0.3, 0.4) is 0 Å². The van der Waals surface area contributed by atoms with Gasteiger partial charge in [0.05, 0.1) is 19.8 Å². The van der Waals surface area contributed by atoms with Gasteiger partial charge < -0.3 is 10.2 Å². The van der Waals surface area contributed by atoms with E-state index in [-0.39, 0.29) is 30.5 Å². The molecule has 1 amide bonds. The molecule has 144 valence electrons. The Morgan fingerprint density at radius 3 is 3.21 bits per heavy atom. The van der Waals surface area contributed by atoms with Crippen molar-refractivity contribution in [2.45, 2.75) is 44.6 Å². The summed E-state index contributed by atoms with van der Waals surface area (Å²) < 4.78 is 42.3. The minimum Gasteiger partial charge on any atom is -0.349 e. The summed E-state index contributed by atoms with van der Waals surface area (Å²) in [6.45, 7) is 2.06. The Morgan fingerprint density at radius 2 is 2.32 bits per heavy atom. The number of fused-ring (bicyclic) bond motifs is 5. The van der Waals surface area contributed by atoms with Crippen LogP contribution in [-0.2, 0) is 6.42 Å². The van der Waals surface area contributed by atoms with E-state index < -0.39 is 18.2 Å². The first-order valence-electron chi connectivity index (χ1n) is 10.8. The Morgan fingerprint density at radius 1 is 1.43 bits per heavy atom. The number of aryl methyl sites for hydroxylation is 1. The molecule has 8 heteroatoms. The van der Waals surface area contributed by atoms with Gasteiger partial charge in [0.1, 0.15) is 17.2 Å². The molecule has 7 nitrogen and oxygen atoms in total. The van der Waals surface area contributed by atoms with E-state index in [9.17, 15) is 10.6 Å². The smallest absolute Gasteiger partial charge is 0.256 e. The van der Waals surface area contributed by atoms with Crippen LogP contribution in [0.2, 0.25) is 0 Å². The summed E-state index contributed by atoms with van der Waals surface area (Å²) in [4.78, 5) is 23.1. The number of rotatable bonds is 0. The number of hydrogen-bond donors (Lipinski definition) is 1. The topological polar surface area (TPSA) is 75.4 Å². The second-order valence-electron chi connectivity index (χ2n) is 7.10. The van der Waals surface area contributed by atoms with Gasteiger partial charge in [-0.2, -0.15) is 5.10 Å². The molecule has 0 saturated carbocycles. The van der Waals surface area contributed by atoms with Crippen LogP contribution in [0.15, 0.2) is 30.7 Å². The molecule has 28 heavy (non-hydrogen) atoms.